The number of ether oxygens (including phenoxy) is 1. The molecule has 0 aliphatic carbocycles. The molecule has 0 amide bonds. The number of anilines is 1. The van der Waals surface area contributed by atoms with E-state index in [-0.39, 0.29) is 12.0 Å². The Morgan fingerprint density at radius 2 is 2.19 bits per heavy atom. The summed E-state index contributed by atoms with van der Waals surface area (Å²) in [5.74, 6) is 0.708. The van der Waals surface area contributed by atoms with Gasteiger partial charge in [-0.05, 0) is 25.0 Å². The molecule has 3 rings (SSSR count). The molecule has 0 radical (unpaired) electrons. The first-order valence-corrected chi connectivity index (χ1v) is 7.44. The minimum atomic E-state index is -0.143. The molecular weight excluding hydrogens is 290 g/mol. The lowest BCUT2D eigenvalue weighted by molar-refractivity contribution is -0.00861. The van der Waals surface area contributed by atoms with Crippen molar-refractivity contribution in [3.63, 3.8) is 0 Å². The third-order valence-corrected chi connectivity index (χ3v) is 4.34. The predicted molar refractivity (Wildman–Crippen MR) is 82.6 cm³/mol. The van der Waals surface area contributed by atoms with Gasteiger partial charge in [0.15, 0.2) is 0 Å². The van der Waals surface area contributed by atoms with Crippen LogP contribution >= 0.6 is 11.6 Å². The highest BCUT2D eigenvalue weighted by atomic mass is 35.5. The number of aliphatic hydroxyl groups is 1. The Hall–Kier alpha value is -1.43. The fourth-order valence-electron chi connectivity index (χ4n) is 2.59. The second-order valence-electron chi connectivity index (χ2n) is 5.48. The molecule has 0 saturated carbocycles. The van der Waals surface area contributed by atoms with Crippen LogP contribution < -0.4 is 5.32 Å². The largest absolute Gasteiger partial charge is 0.396 e. The summed E-state index contributed by atoms with van der Waals surface area (Å²) in [4.78, 5) is 8.74. The molecule has 2 N–H and O–H groups in total. The minimum Gasteiger partial charge on any atom is -0.396 e. The molecule has 0 aromatic carbocycles. The van der Waals surface area contributed by atoms with Gasteiger partial charge in [0.2, 0.25) is 0 Å². The van der Waals surface area contributed by atoms with Crippen molar-refractivity contribution in [3.8, 4) is 0 Å². The van der Waals surface area contributed by atoms with Crippen molar-refractivity contribution in [3.05, 3.63) is 29.4 Å². The highest BCUT2D eigenvalue weighted by molar-refractivity contribution is 6.35. The van der Waals surface area contributed by atoms with Crippen molar-refractivity contribution >= 4 is 28.5 Å². The van der Waals surface area contributed by atoms with Crippen LogP contribution in [0.25, 0.3) is 11.0 Å². The standard InChI is InChI=1S/C15H18ClN3O2/c16-11-8-13(19-12-2-1-5-17-14(11)12)18-9-15(10-20)3-6-21-7-4-15/h1-2,5,8,20H,3-4,6-7,9-10H2,(H,18,19). The lowest BCUT2D eigenvalue weighted by Gasteiger charge is -2.35. The van der Waals surface area contributed by atoms with Crippen molar-refractivity contribution in [1.29, 1.82) is 0 Å². The Labute approximate surface area is 128 Å². The maximum absolute atomic E-state index is 9.69. The molecule has 0 atom stereocenters. The smallest absolute Gasteiger partial charge is 0.128 e. The number of fused-ring (bicyclic) bond motifs is 1. The maximum Gasteiger partial charge on any atom is 0.128 e. The first kappa shape index (κ1) is 14.5. The van der Waals surface area contributed by atoms with Crippen LogP contribution in [0.3, 0.4) is 0 Å². The van der Waals surface area contributed by atoms with Crippen LogP contribution in [0.15, 0.2) is 24.4 Å². The van der Waals surface area contributed by atoms with Gasteiger partial charge in [-0.1, -0.05) is 11.6 Å². The van der Waals surface area contributed by atoms with Gasteiger partial charge in [0, 0.05) is 37.4 Å². The van der Waals surface area contributed by atoms with Gasteiger partial charge in [-0.3, -0.25) is 4.98 Å². The van der Waals surface area contributed by atoms with Crippen LogP contribution in [0.1, 0.15) is 12.8 Å². The number of rotatable bonds is 4. The third-order valence-electron chi connectivity index (χ3n) is 4.05. The third kappa shape index (κ3) is 3.10. The molecule has 2 aromatic heterocycles. The van der Waals surface area contributed by atoms with Crippen LogP contribution in [0, 0.1) is 5.41 Å². The Kier molecular flexibility index (Phi) is 4.24. The number of hydrogen-bond acceptors (Lipinski definition) is 5. The number of nitrogens with one attached hydrogen (secondary N) is 1. The SMILES string of the molecule is OCC1(CNc2cc(Cl)c3ncccc3n2)CCOCC1. The molecule has 2 aromatic rings. The summed E-state index contributed by atoms with van der Waals surface area (Å²) in [6.07, 6.45) is 3.39. The summed E-state index contributed by atoms with van der Waals surface area (Å²) in [5, 5.41) is 13.6. The molecule has 112 valence electrons. The number of pyridine rings is 2. The summed E-state index contributed by atoms with van der Waals surface area (Å²) in [6, 6.07) is 5.50. The van der Waals surface area contributed by atoms with Gasteiger partial charge < -0.3 is 15.2 Å². The van der Waals surface area contributed by atoms with E-state index in [1.165, 1.54) is 0 Å². The van der Waals surface area contributed by atoms with E-state index in [0.717, 1.165) is 18.4 Å². The Bertz CT molecular complexity index is 629. The topological polar surface area (TPSA) is 67.3 Å². The molecule has 3 heterocycles. The fraction of sp³-hybridized carbons (Fsp3) is 0.467. The van der Waals surface area contributed by atoms with Gasteiger partial charge in [0.1, 0.15) is 11.3 Å². The van der Waals surface area contributed by atoms with Crippen molar-refractivity contribution < 1.29 is 9.84 Å². The number of halogens is 1. The van der Waals surface area contributed by atoms with Crippen molar-refractivity contribution in [2.24, 2.45) is 5.41 Å². The minimum absolute atomic E-state index is 0.143. The summed E-state index contributed by atoms with van der Waals surface area (Å²) in [7, 11) is 0. The van der Waals surface area contributed by atoms with Crippen LogP contribution in [0.2, 0.25) is 5.02 Å². The number of nitrogens with zero attached hydrogens (tertiary/aromatic N) is 2. The predicted octanol–water partition coefficient (Wildman–Crippen LogP) is 2.48. The molecule has 1 aliphatic heterocycles. The number of aliphatic hydroxyl groups excluding tert-OH is 1. The van der Waals surface area contributed by atoms with Gasteiger partial charge in [0.05, 0.1) is 17.1 Å². The molecule has 0 unspecified atom stereocenters. The average Bonchev–Trinajstić information content (AvgIpc) is 2.54. The average molecular weight is 308 g/mol. The Morgan fingerprint density at radius 3 is 2.95 bits per heavy atom. The van der Waals surface area contributed by atoms with Crippen molar-refractivity contribution in [1.82, 2.24) is 9.97 Å². The van der Waals surface area contributed by atoms with E-state index < -0.39 is 0 Å². The second kappa shape index (κ2) is 6.13. The number of aromatic nitrogens is 2. The van der Waals surface area contributed by atoms with Gasteiger partial charge in [-0.2, -0.15) is 0 Å². The van der Waals surface area contributed by atoms with Crippen LogP contribution in [-0.2, 0) is 4.74 Å². The zero-order valence-corrected chi connectivity index (χ0v) is 12.4. The van der Waals surface area contributed by atoms with Crippen LogP contribution in [0.4, 0.5) is 5.82 Å². The monoisotopic (exact) mass is 307 g/mol. The van der Waals surface area contributed by atoms with Gasteiger partial charge in [0.25, 0.3) is 0 Å². The molecule has 21 heavy (non-hydrogen) atoms. The van der Waals surface area contributed by atoms with E-state index in [2.05, 4.69) is 15.3 Å². The molecule has 1 aliphatic rings. The van der Waals surface area contributed by atoms with E-state index in [1.807, 2.05) is 12.1 Å². The zero-order chi connectivity index (χ0) is 14.7. The van der Waals surface area contributed by atoms with E-state index in [9.17, 15) is 5.11 Å². The zero-order valence-electron chi connectivity index (χ0n) is 11.7. The molecule has 1 fully saturated rings. The number of hydrogen-bond donors (Lipinski definition) is 2. The summed E-state index contributed by atoms with van der Waals surface area (Å²) in [5.41, 5.74) is 1.32. The van der Waals surface area contributed by atoms with E-state index in [0.29, 0.717) is 36.1 Å². The quantitative estimate of drug-likeness (QED) is 0.908. The molecular formula is C15H18ClN3O2. The molecule has 0 bridgehead atoms. The van der Waals surface area contributed by atoms with E-state index in [4.69, 9.17) is 16.3 Å². The summed E-state index contributed by atoms with van der Waals surface area (Å²) >= 11 is 6.24. The molecule has 0 spiro atoms. The van der Waals surface area contributed by atoms with Gasteiger partial charge in [-0.15, -0.1) is 0 Å². The van der Waals surface area contributed by atoms with Crippen molar-refractivity contribution in [2.45, 2.75) is 12.8 Å². The maximum atomic E-state index is 9.69. The first-order chi connectivity index (χ1) is 10.2. The van der Waals surface area contributed by atoms with E-state index >= 15 is 0 Å². The van der Waals surface area contributed by atoms with Crippen molar-refractivity contribution in [2.75, 3.05) is 31.7 Å². The highest BCUT2D eigenvalue weighted by Gasteiger charge is 2.31. The highest BCUT2D eigenvalue weighted by Crippen LogP contribution is 2.31. The normalized spacial score (nSPS) is 17.8. The lowest BCUT2D eigenvalue weighted by atomic mass is 9.81. The van der Waals surface area contributed by atoms with Gasteiger partial charge >= 0.3 is 0 Å². The van der Waals surface area contributed by atoms with Gasteiger partial charge in [-0.25, -0.2) is 4.98 Å². The Morgan fingerprint density at radius 1 is 1.38 bits per heavy atom. The lowest BCUT2D eigenvalue weighted by Crippen LogP contribution is -2.39. The fourth-order valence-corrected chi connectivity index (χ4v) is 2.83. The summed E-state index contributed by atoms with van der Waals surface area (Å²) < 4.78 is 5.37. The van der Waals surface area contributed by atoms with Crippen LogP contribution in [-0.4, -0.2) is 41.4 Å². The Balaban J connectivity index is 1.78. The molecule has 6 heteroatoms. The molecule has 5 nitrogen and oxygen atoms in total. The first-order valence-electron chi connectivity index (χ1n) is 7.06. The molecule has 1 saturated heterocycles. The van der Waals surface area contributed by atoms with Crippen LogP contribution in [0.5, 0.6) is 0 Å². The summed E-state index contributed by atoms with van der Waals surface area (Å²) in [6.45, 7) is 2.18. The second-order valence-corrected chi connectivity index (χ2v) is 5.89. The van der Waals surface area contributed by atoms with E-state index in [1.54, 1.807) is 12.3 Å².